The van der Waals surface area contributed by atoms with Gasteiger partial charge in [0.1, 0.15) is 0 Å². The van der Waals surface area contributed by atoms with E-state index in [-0.39, 0.29) is 5.92 Å². The minimum Gasteiger partial charge on any atom is -0.481 e. The molecule has 2 nitrogen and oxygen atoms in total. The Hall–Kier alpha value is -0.790. The molecule has 0 saturated heterocycles. The molecular weight excluding hydrogens is 176 g/mol. The molecule has 0 fully saturated rings. The lowest BCUT2D eigenvalue weighted by molar-refractivity contribution is -0.139. The molecule has 0 aromatic heterocycles. The van der Waals surface area contributed by atoms with Gasteiger partial charge in [0.25, 0.3) is 0 Å². The Labute approximate surface area is 87.0 Å². The van der Waals surface area contributed by atoms with Crippen molar-refractivity contribution in [2.75, 3.05) is 0 Å². The number of aliphatic carboxylic acids is 1. The minimum absolute atomic E-state index is 0.347. The Morgan fingerprint density at radius 1 is 1.21 bits per heavy atom. The van der Waals surface area contributed by atoms with Crippen molar-refractivity contribution in [3.63, 3.8) is 0 Å². The van der Waals surface area contributed by atoms with Gasteiger partial charge in [-0.15, -0.1) is 0 Å². The van der Waals surface area contributed by atoms with Gasteiger partial charge in [0.15, 0.2) is 0 Å². The average molecular weight is 198 g/mol. The first-order valence-corrected chi connectivity index (χ1v) is 5.28. The molecule has 0 radical (unpaired) electrons. The standard InChI is InChI=1S/C12H22O2/c1-8(2)6-11(7-9(3)4)10(5)12(13)14/h6,8-10H,7H2,1-5H3,(H,13,14)/b11-6-. The second-order valence-corrected chi connectivity index (χ2v) is 4.64. The Balaban J connectivity index is 4.63. The third-order valence-corrected chi connectivity index (χ3v) is 2.12. The molecule has 0 heterocycles. The van der Waals surface area contributed by atoms with Gasteiger partial charge in [-0.1, -0.05) is 39.3 Å². The molecule has 1 atom stereocenters. The summed E-state index contributed by atoms with van der Waals surface area (Å²) in [5.41, 5.74) is 1.06. The first-order valence-electron chi connectivity index (χ1n) is 5.28. The van der Waals surface area contributed by atoms with Crippen LogP contribution in [0.5, 0.6) is 0 Å². The van der Waals surface area contributed by atoms with Crippen LogP contribution in [0.3, 0.4) is 0 Å². The summed E-state index contributed by atoms with van der Waals surface area (Å²) in [6, 6.07) is 0. The maximum atomic E-state index is 10.9. The predicted molar refractivity (Wildman–Crippen MR) is 59.2 cm³/mol. The van der Waals surface area contributed by atoms with Gasteiger partial charge in [-0.3, -0.25) is 4.79 Å². The van der Waals surface area contributed by atoms with Crippen LogP contribution in [0.4, 0.5) is 0 Å². The molecule has 1 N–H and O–H groups in total. The lowest BCUT2D eigenvalue weighted by Crippen LogP contribution is -2.14. The summed E-state index contributed by atoms with van der Waals surface area (Å²) in [6.07, 6.45) is 2.96. The summed E-state index contributed by atoms with van der Waals surface area (Å²) in [4.78, 5) is 10.9. The molecule has 0 saturated carbocycles. The van der Waals surface area contributed by atoms with Crippen molar-refractivity contribution < 1.29 is 9.90 Å². The molecule has 82 valence electrons. The van der Waals surface area contributed by atoms with Gasteiger partial charge in [0, 0.05) is 0 Å². The Kier molecular flexibility index (Phi) is 5.51. The largest absolute Gasteiger partial charge is 0.481 e. The summed E-state index contributed by atoms with van der Waals surface area (Å²) in [6.45, 7) is 10.1. The topological polar surface area (TPSA) is 37.3 Å². The summed E-state index contributed by atoms with van der Waals surface area (Å²) < 4.78 is 0. The van der Waals surface area contributed by atoms with E-state index in [1.54, 1.807) is 6.92 Å². The van der Waals surface area contributed by atoms with Gasteiger partial charge in [-0.05, 0) is 25.2 Å². The first kappa shape index (κ1) is 13.2. The van der Waals surface area contributed by atoms with E-state index in [1.165, 1.54) is 0 Å². The highest BCUT2D eigenvalue weighted by Crippen LogP contribution is 2.21. The van der Waals surface area contributed by atoms with E-state index >= 15 is 0 Å². The molecular formula is C12H22O2. The Morgan fingerprint density at radius 3 is 2.00 bits per heavy atom. The molecule has 0 bridgehead atoms. The molecule has 0 rings (SSSR count). The molecule has 0 aromatic carbocycles. The summed E-state index contributed by atoms with van der Waals surface area (Å²) in [5.74, 6) is -0.135. The highest BCUT2D eigenvalue weighted by Gasteiger charge is 2.17. The third kappa shape index (κ3) is 5.05. The van der Waals surface area contributed by atoms with E-state index in [0.29, 0.717) is 11.8 Å². The maximum absolute atomic E-state index is 10.9. The number of rotatable bonds is 5. The zero-order valence-electron chi connectivity index (χ0n) is 9.87. The van der Waals surface area contributed by atoms with Gasteiger partial charge in [0.2, 0.25) is 0 Å². The fraction of sp³-hybridized carbons (Fsp3) is 0.750. The molecule has 1 unspecified atom stereocenters. The second kappa shape index (κ2) is 5.84. The number of carboxylic acids is 1. The van der Waals surface area contributed by atoms with E-state index in [0.717, 1.165) is 12.0 Å². The van der Waals surface area contributed by atoms with Crippen molar-refractivity contribution in [3.05, 3.63) is 11.6 Å². The van der Waals surface area contributed by atoms with Gasteiger partial charge in [-0.25, -0.2) is 0 Å². The molecule has 2 heteroatoms. The molecule has 0 aliphatic rings. The van der Waals surface area contributed by atoms with E-state index in [4.69, 9.17) is 5.11 Å². The van der Waals surface area contributed by atoms with Crippen molar-refractivity contribution >= 4 is 5.97 Å². The fourth-order valence-electron chi connectivity index (χ4n) is 1.45. The highest BCUT2D eigenvalue weighted by molar-refractivity contribution is 5.73. The van der Waals surface area contributed by atoms with Crippen LogP contribution in [0.15, 0.2) is 11.6 Å². The lowest BCUT2D eigenvalue weighted by atomic mass is 9.90. The average Bonchev–Trinajstić information content (AvgIpc) is 1.99. The van der Waals surface area contributed by atoms with E-state index in [2.05, 4.69) is 33.8 Å². The highest BCUT2D eigenvalue weighted by atomic mass is 16.4. The van der Waals surface area contributed by atoms with Crippen LogP contribution >= 0.6 is 0 Å². The number of hydrogen-bond acceptors (Lipinski definition) is 1. The van der Waals surface area contributed by atoms with Gasteiger partial charge < -0.3 is 5.11 Å². The third-order valence-electron chi connectivity index (χ3n) is 2.12. The smallest absolute Gasteiger partial charge is 0.310 e. The van der Waals surface area contributed by atoms with Crippen molar-refractivity contribution in [2.24, 2.45) is 17.8 Å². The molecule has 14 heavy (non-hydrogen) atoms. The molecule has 0 aromatic rings. The monoisotopic (exact) mass is 198 g/mol. The molecule has 0 aliphatic heterocycles. The van der Waals surface area contributed by atoms with Crippen LogP contribution in [0.2, 0.25) is 0 Å². The number of hydrogen-bond donors (Lipinski definition) is 1. The predicted octanol–water partition coefficient (Wildman–Crippen LogP) is 3.34. The normalized spacial score (nSPS) is 14.9. The van der Waals surface area contributed by atoms with Gasteiger partial charge >= 0.3 is 5.97 Å². The Morgan fingerprint density at radius 2 is 1.71 bits per heavy atom. The van der Waals surface area contributed by atoms with E-state index in [1.807, 2.05) is 0 Å². The Bertz CT molecular complexity index is 214. The van der Waals surface area contributed by atoms with E-state index in [9.17, 15) is 4.79 Å². The van der Waals surface area contributed by atoms with Crippen LogP contribution < -0.4 is 0 Å². The van der Waals surface area contributed by atoms with Crippen LogP contribution in [0.1, 0.15) is 41.0 Å². The summed E-state index contributed by atoms with van der Waals surface area (Å²) >= 11 is 0. The van der Waals surface area contributed by atoms with E-state index < -0.39 is 5.97 Å². The lowest BCUT2D eigenvalue weighted by Gasteiger charge is -2.15. The van der Waals surface area contributed by atoms with Crippen LogP contribution in [-0.2, 0) is 4.79 Å². The quantitative estimate of drug-likeness (QED) is 0.688. The van der Waals surface area contributed by atoms with Gasteiger partial charge in [-0.2, -0.15) is 0 Å². The maximum Gasteiger partial charge on any atom is 0.310 e. The zero-order chi connectivity index (χ0) is 11.3. The van der Waals surface area contributed by atoms with Crippen LogP contribution in [0, 0.1) is 17.8 Å². The number of carboxylic acid groups (broad SMARTS) is 1. The molecule has 0 aliphatic carbocycles. The molecule has 0 amide bonds. The van der Waals surface area contributed by atoms with Crippen molar-refractivity contribution in [3.8, 4) is 0 Å². The number of carbonyl (C=O) groups is 1. The second-order valence-electron chi connectivity index (χ2n) is 4.64. The van der Waals surface area contributed by atoms with Crippen LogP contribution in [-0.4, -0.2) is 11.1 Å². The first-order chi connectivity index (χ1) is 6.34. The minimum atomic E-state index is -0.724. The summed E-state index contributed by atoms with van der Waals surface area (Å²) in [5, 5.41) is 8.94. The fourth-order valence-corrected chi connectivity index (χ4v) is 1.45. The van der Waals surface area contributed by atoms with Crippen molar-refractivity contribution in [2.45, 2.75) is 41.0 Å². The SMILES string of the molecule is CC(C)/C=C(/CC(C)C)C(C)C(=O)O. The molecule has 0 spiro atoms. The number of allylic oxidation sites excluding steroid dienone is 1. The zero-order valence-corrected chi connectivity index (χ0v) is 9.87. The van der Waals surface area contributed by atoms with Gasteiger partial charge in [0.05, 0.1) is 5.92 Å². The van der Waals surface area contributed by atoms with Crippen molar-refractivity contribution in [1.29, 1.82) is 0 Å². The van der Waals surface area contributed by atoms with Crippen LogP contribution in [0.25, 0.3) is 0 Å². The van der Waals surface area contributed by atoms with Crippen molar-refractivity contribution in [1.82, 2.24) is 0 Å². The summed E-state index contributed by atoms with van der Waals surface area (Å²) in [7, 11) is 0.